The molecule has 0 bridgehead atoms. The molecule has 0 radical (unpaired) electrons. The zero-order chi connectivity index (χ0) is 12.3. The van der Waals surface area contributed by atoms with Crippen LogP contribution in [0, 0.1) is 0 Å². The minimum Gasteiger partial charge on any atom is -0.397 e. The number of ketones is 1. The lowest BCUT2D eigenvalue weighted by Gasteiger charge is -2.05. The van der Waals surface area contributed by atoms with Crippen LogP contribution in [0.3, 0.4) is 0 Å². The fraction of sp³-hybridized carbons (Fsp3) is 0.143. The van der Waals surface area contributed by atoms with Gasteiger partial charge in [0.15, 0.2) is 5.78 Å². The molecule has 2 N–H and O–H groups in total. The lowest BCUT2D eigenvalue weighted by molar-refractivity contribution is 0.101. The molecule has 17 heavy (non-hydrogen) atoms. The molecule has 2 rings (SSSR count). The molecule has 0 saturated carbocycles. The quantitative estimate of drug-likeness (QED) is 0.818. The Balaban J connectivity index is 2.24. The maximum atomic E-state index is 11.2. The number of rotatable bonds is 3. The van der Waals surface area contributed by atoms with Crippen molar-refractivity contribution in [2.24, 2.45) is 0 Å². The van der Waals surface area contributed by atoms with Crippen molar-refractivity contribution < 1.29 is 4.79 Å². The van der Waals surface area contributed by atoms with E-state index in [-0.39, 0.29) is 5.78 Å². The van der Waals surface area contributed by atoms with Crippen LogP contribution < -0.4 is 5.73 Å². The second kappa shape index (κ2) is 4.78. The molecule has 0 aliphatic carbocycles. The van der Waals surface area contributed by atoms with E-state index in [2.05, 4.69) is 17.1 Å². The minimum absolute atomic E-state index is 0.103. The van der Waals surface area contributed by atoms with Crippen molar-refractivity contribution in [3.05, 3.63) is 59.4 Å². The number of benzene rings is 1. The number of nitrogens with two attached hydrogens (primary N) is 1. The largest absolute Gasteiger partial charge is 0.397 e. The molecule has 1 aromatic heterocycles. The molecule has 0 fully saturated rings. The number of Topliss-reactive ketones (excluding diaryl/α,β-unsaturated/α-hetero) is 1. The van der Waals surface area contributed by atoms with Crippen molar-refractivity contribution in [2.45, 2.75) is 13.3 Å². The molecule has 1 aromatic carbocycles. The van der Waals surface area contributed by atoms with Crippen molar-refractivity contribution in [2.75, 3.05) is 5.73 Å². The Morgan fingerprint density at radius 2 is 1.94 bits per heavy atom. The van der Waals surface area contributed by atoms with Gasteiger partial charge in [-0.1, -0.05) is 30.3 Å². The SMILES string of the molecule is CC(=O)c1ncc(Cc2ccccc2)cc1N. The average Bonchev–Trinajstić information content (AvgIpc) is 2.30. The smallest absolute Gasteiger partial charge is 0.180 e. The molecule has 2 aromatic rings. The maximum absolute atomic E-state index is 11.2. The third-order valence-corrected chi connectivity index (χ3v) is 2.56. The molecule has 1 heterocycles. The predicted octanol–water partition coefficient (Wildman–Crippen LogP) is 2.46. The second-order valence-corrected chi connectivity index (χ2v) is 4.00. The van der Waals surface area contributed by atoms with Gasteiger partial charge < -0.3 is 5.73 Å². The lowest BCUT2D eigenvalue weighted by atomic mass is 10.1. The van der Waals surface area contributed by atoms with E-state index >= 15 is 0 Å². The fourth-order valence-corrected chi connectivity index (χ4v) is 1.75. The first-order chi connectivity index (χ1) is 8.16. The normalized spacial score (nSPS) is 10.2. The molecular formula is C14H14N2O. The number of carbonyl (C=O) groups excluding carboxylic acids is 1. The number of carbonyl (C=O) groups is 1. The molecular weight excluding hydrogens is 212 g/mol. The van der Waals surface area contributed by atoms with Crippen LogP contribution in [0.4, 0.5) is 5.69 Å². The van der Waals surface area contributed by atoms with Gasteiger partial charge in [-0.3, -0.25) is 9.78 Å². The van der Waals surface area contributed by atoms with Crippen LogP contribution in [0.15, 0.2) is 42.6 Å². The zero-order valence-corrected chi connectivity index (χ0v) is 9.68. The molecule has 0 saturated heterocycles. The van der Waals surface area contributed by atoms with Gasteiger partial charge in [-0.25, -0.2) is 0 Å². The zero-order valence-electron chi connectivity index (χ0n) is 9.68. The van der Waals surface area contributed by atoms with Crippen molar-refractivity contribution in [3.63, 3.8) is 0 Å². The summed E-state index contributed by atoms with van der Waals surface area (Å²) in [5, 5.41) is 0. The number of aromatic nitrogens is 1. The third kappa shape index (κ3) is 2.69. The van der Waals surface area contributed by atoms with Crippen LogP contribution in [0.25, 0.3) is 0 Å². The van der Waals surface area contributed by atoms with Crippen molar-refractivity contribution in [1.29, 1.82) is 0 Å². The van der Waals surface area contributed by atoms with Crippen LogP contribution in [-0.4, -0.2) is 10.8 Å². The van der Waals surface area contributed by atoms with Gasteiger partial charge in [-0.2, -0.15) is 0 Å². The summed E-state index contributed by atoms with van der Waals surface area (Å²) in [6.07, 6.45) is 2.48. The summed E-state index contributed by atoms with van der Waals surface area (Å²) in [4.78, 5) is 15.3. The maximum Gasteiger partial charge on any atom is 0.180 e. The molecule has 0 aliphatic heterocycles. The Kier molecular flexibility index (Phi) is 3.19. The predicted molar refractivity (Wildman–Crippen MR) is 67.9 cm³/mol. The fourth-order valence-electron chi connectivity index (χ4n) is 1.75. The summed E-state index contributed by atoms with van der Waals surface area (Å²) in [6.45, 7) is 1.47. The molecule has 3 nitrogen and oxygen atoms in total. The minimum atomic E-state index is -0.103. The van der Waals surface area contributed by atoms with E-state index in [0.29, 0.717) is 11.4 Å². The van der Waals surface area contributed by atoms with Crippen molar-refractivity contribution in [3.8, 4) is 0 Å². The molecule has 86 valence electrons. The van der Waals surface area contributed by atoms with E-state index in [1.165, 1.54) is 12.5 Å². The van der Waals surface area contributed by atoms with Gasteiger partial charge in [0, 0.05) is 13.1 Å². The Labute approximate surface area is 100 Å². The number of pyridine rings is 1. The standard InChI is InChI=1S/C14H14N2O/c1-10(17)14-13(15)8-12(9-16-14)7-11-5-3-2-4-6-11/h2-6,8-9H,7,15H2,1H3. The highest BCUT2D eigenvalue weighted by atomic mass is 16.1. The summed E-state index contributed by atoms with van der Waals surface area (Å²) in [5.74, 6) is -0.103. The van der Waals surface area contributed by atoms with E-state index < -0.39 is 0 Å². The molecule has 0 spiro atoms. The molecule has 0 unspecified atom stereocenters. The summed E-state index contributed by atoms with van der Waals surface area (Å²) in [6, 6.07) is 11.9. The van der Waals surface area contributed by atoms with Gasteiger partial charge in [0.1, 0.15) is 5.69 Å². The molecule has 0 aliphatic rings. The number of anilines is 1. The van der Waals surface area contributed by atoms with Gasteiger partial charge in [0.25, 0.3) is 0 Å². The summed E-state index contributed by atoms with van der Waals surface area (Å²) < 4.78 is 0. The topological polar surface area (TPSA) is 56.0 Å². The molecule has 0 amide bonds. The first-order valence-electron chi connectivity index (χ1n) is 5.46. The highest BCUT2D eigenvalue weighted by Gasteiger charge is 2.07. The van der Waals surface area contributed by atoms with E-state index in [9.17, 15) is 4.79 Å². The van der Waals surface area contributed by atoms with Crippen LogP contribution in [0.2, 0.25) is 0 Å². The van der Waals surface area contributed by atoms with Gasteiger partial charge >= 0.3 is 0 Å². The van der Waals surface area contributed by atoms with Gasteiger partial charge in [-0.15, -0.1) is 0 Å². The van der Waals surface area contributed by atoms with E-state index in [4.69, 9.17) is 5.73 Å². The van der Waals surface area contributed by atoms with Crippen molar-refractivity contribution in [1.82, 2.24) is 4.98 Å². The third-order valence-electron chi connectivity index (χ3n) is 2.56. The average molecular weight is 226 g/mol. The Morgan fingerprint density at radius 3 is 2.53 bits per heavy atom. The summed E-state index contributed by atoms with van der Waals surface area (Å²) >= 11 is 0. The Bertz CT molecular complexity index is 535. The Morgan fingerprint density at radius 1 is 1.24 bits per heavy atom. The van der Waals surface area contributed by atoms with Crippen LogP contribution >= 0.6 is 0 Å². The monoisotopic (exact) mass is 226 g/mol. The van der Waals surface area contributed by atoms with Gasteiger partial charge in [0.05, 0.1) is 5.69 Å². The van der Waals surface area contributed by atoms with Gasteiger partial charge in [0.2, 0.25) is 0 Å². The van der Waals surface area contributed by atoms with Crippen molar-refractivity contribution >= 4 is 11.5 Å². The number of nitrogens with zero attached hydrogens (tertiary/aromatic N) is 1. The summed E-state index contributed by atoms with van der Waals surface area (Å²) in [7, 11) is 0. The van der Waals surface area contributed by atoms with E-state index in [1.54, 1.807) is 6.20 Å². The first-order valence-corrected chi connectivity index (χ1v) is 5.46. The van der Waals surface area contributed by atoms with E-state index in [1.807, 2.05) is 24.3 Å². The molecule has 3 heteroatoms. The van der Waals surface area contributed by atoms with E-state index in [0.717, 1.165) is 12.0 Å². The first kappa shape index (κ1) is 11.3. The highest BCUT2D eigenvalue weighted by molar-refractivity contribution is 5.96. The molecule has 0 atom stereocenters. The van der Waals surface area contributed by atoms with Crippen LogP contribution in [0.1, 0.15) is 28.5 Å². The van der Waals surface area contributed by atoms with Crippen LogP contribution in [0.5, 0.6) is 0 Å². The lowest BCUT2D eigenvalue weighted by Crippen LogP contribution is -2.04. The number of hydrogen-bond donors (Lipinski definition) is 1. The van der Waals surface area contributed by atoms with Crippen LogP contribution in [-0.2, 0) is 6.42 Å². The van der Waals surface area contributed by atoms with Gasteiger partial charge in [-0.05, 0) is 23.6 Å². The summed E-state index contributed by atoms with van der Waals surface area (Å²) in [5.41, 5.74) is 8.80. The number of hydrogen-bond acceptors (Lipinski definition) is 3. The highest BCUT2D eigenvalue weighted by Crippen LogP contribution is 2.15. The second-order valence-electron chi connectivity index (χ2n) is 4.00. The Hall–Kier alpha value is -2.16. The number of nitrogen functional groups attached to an aromatic ring is 1.